The van der Waals surface area contributed by atoms with Gasteiger partial charge in [0.05, 0.1) is 7.11 Å². The van der Waals surface area contributed by atoms with Crippen molar-refractivity contribution in [2.24, 2.45) is 7.05 Å². The number of ether oxygens (including phenoxy) is 1. The number of pyridine rings is 1. The Morgan fingerprint density at radius 3 is 2.43 bits per heavy atom. The average Bonchev–Trinajstić information content (AvgIpc) is 2.68. The normalized spacial score (nSPS) is 10.7. The lowest BCUT2D eigenvalue weighted by Crippen LogP contribution is -2.29. The quantitative estimate of drug-likeness (QED) is 0.551. The summed E-state index contributed by atoms with van der Waals surface area (Å²) in [5.74, 6) is -1.94. The van der Waals surface area contributed by atoms with Gasteiger partial charge in [-0.2, -0.15) is 0 Å². The van der Waals surface area contributed by atoms with Gasteiger partial charge in [0.15, 0.2) is 5.78 Å². The Kier molecular flexibility index (Phi) is 6.49. The minimum absolute atomic E-state index is 0.0588. The Morgan fingerprint density at radius 1 is 1.21 bits per heavy atom. The maximum Gasteiger partial charge on any atom is 0.322 e. The Hall–Kier alpha value is -3.68. The van der Waals surface area contributed by atoms with Crippen LogP contribution in [0.25, 0.3) is 6.08 Å². The SMILES string of the molecule is COc1cc(C)n(C)c(=O)c1C(=O)/C=C/c1ccc(C(=O)NCC(=O)O)cc1. The second-order valence-corrected chi connectivity index (χ2v) is 5.99. The second-order valence-electron chi connectivity index (χ2n) is 5.99. The summed E-state index contributed by atoms with van der Waals surface area (Å²) in [5.41, 5.74) is 1.08. The van der Waals surface area contributed by atoms with Crippen molar-refractivity contribution in [3.63, 3.8) is 0 Å². The fourth-order valence-electron chi connectivity index (χ4n) is 2.44. The fourth-order valence-corrected chi connectivity index (χ4v) is 2.44. The van der Waals surface area contributed by atoms with E-state index < -0.39 is 29.8 Å². The van der Waals surface area contributed by atoms with E-state index in [1.54, 1.807) is 32.2 Å². The molecule has 2 N–H and O–H groups in total. The number of carbonyl (C=O) groups excluding carboxylic acids is 2. The number of nitrogens with zero attached hydrogens (tertiary/aromatic N) is 1. The highest BCUT2D eigenvalue weighted by atomic mass is 16.5. The van der Waals surface area contributed by atoms with Gasteiger partial charge in [-0.25, -0.2) is 0 Å². The van der Waals surface area contributed by atoms with Crippen molar-refractivity contribution in [1.82, 2.24) is 9.88 Å². The molecule has 1 aromatic carbocycles. The number of carboxylic acid groups (broad SMARTS) is 1. The third kappa shape index (κ3) is 4.73. The number of rotatable bonds is 7. The number of hydrogen-bond acceptors (Lipinski definition) is 5. The minimum Gasteiger partial charge on any atom is -0.496 e. The molecule has 1 amide bonds. The first kappa shape index (κ1) is 20.6. The number of benzene rings is 1. The zero-order chi connectivity index (χ0) is 20.8. The molecule has 28 heavy (non-hydrogen) atoms. The van der Waals surface area contributed by atoms with E-state index >= 15 is 0 Å². The van der Waals surface area contributed by atoms with Crippen LogP contribution in [0.3, 0.4) is 0 Å². The summed E-state index contributed by atoms with van der Waals surface area (Å²) >= 11 is 0. The molecule has 0 aliphatic heterocycles. The summed E-state index contributed by atoms with van der Waals surface area (Å²) in [6.07, 6.45) is 2.77. The molecule has 0 fully saturated rings. The molecule has 8 heteroatoms. The summed E-state index contributed by atoms with van der Waals surface area (Å²) in [5, 5.41) is 10.8. The molecule has 2 aromatic rings. The molecule has 0 atom stereocenters. The van der Waals surface area contributed by atoms with Crippen LogP contribution in [-0.4, -0.2) is 41.0 Å². The number of ketones is 1. The molecule has 1 heterocycles. The van der Waals surface area contributed by atoms with E-state index in [1.165, 1.54) is 36.0 Å². The van der Waals surface area contributed by atoms with Crippen LogP contribution in [0.2, 0.25) is 0 Å². The molecule has 1 aromatic heterocycles. The highest BCUT2D eigenvalue weighted by molar-refractivity contribution is 6.08. The van der Waals surface area contributed by atoms with Gasteiger partial charge >= 0.3 is 5.97 Å². The maximum absolute atomic E-state index is 12.5. The lowest BCUT2D eigenvalue weighted by atomic mass is 10.1. The van der Waals surface area contributed by atoms with Crippen molar-refractivity contribution in [2.75, 3.05) is 13.7 Å². The van der Waals surface area contributed by atoms with Gasteiger partial charge in [-0.1, -0.05) is 18.2 Å². The molecule has 0 spiro atoms. The number of aliphatic carboxylic acids is 1. The number of nitrogens with one attached hydrogen (secondary N) is 1. The number of methoxy groups -OCH3 is 1. The molecular weight excluding hydrogens is 364 g/mol. The van der Waals surface area contributed by atoms with Crippen LogP contribution >= 0.6 is 0 Å². The number of carboxylic acids is 1. The van der Waals surface area contributed by atoms with Gasteiger partial charge in [0.25, 0.3) is 11.5 Å². The monoisotopic (exact) mass is 384 g/mol. The van der Waals surface area contributed by atoms with Gasteiger partial charge in [-0.3, -0.25) is 19.2 Å². The zero-order valence-electron chi connectivity index (χ0n) is 15.7. The molecule has 2 rings (SSSR count). The Balaban J connectivity index is 2.19. The second kappa shape index (κ2) is 8.81. The molecule has 0 aliphatic rings. The summed E-state index contributed by atoms with van der Waals surface area (Å²) in [6, 6.07) is 7.83. The van der Waals surface area contributed by atoms with Crippen LogP contribution in [0.1, 0.15) is 32.0 Å². The number of aromatic nitrogens is 1. The average molecular weight is 384 g/mol. The van der Waals surface area contributed by atoms with Gasteiger partial charge < -0.3 is 19.7 Å². The van der Waals surface area contributed by atoms with Gasteiger partial charge in [-0.05, 0) is 30.7 Å². The van der Waals surface area contributed by atoms with Crippen molar-refractivity contribution in [3.8, 4) is 5.75 Å². The zero-order valence-corrected chi connectivity index (χ0v) is 15.7. The predicted octanol–water partition coefficient (Wildman–Crippen LogP) is 1.41. The lowest BCUT2D eigenvalue weighted by molar-refractivity contribution is -0.135. The van der Waals surface area contributed by atoms with Crippen molar-refractivity contribution in [3.05, 3.63) is 69.1 Å². The van der Waals surface area contributed by atoms with Crippen molar-refractivity contribution in [1.29, 1.82) is 0 Å². The lowest BCUT2D eigenvalue weighted by Gasteiger charge is -2.10. The molecule has 0 saturated carbocycles. The largest absolute Gasteiger partial charge is 0.496 e. The molecular formula is C20H20N2O6. The van der Waals surface area contributed by atoms with Gasteiger partial charge in [0, 0.05) is 24.4 Å². The van der Waals surface area contributed by atoms with Crippen molar-refractivity contribution >= 4 is 23.7 Å². The van der Waals surface area contributed by atoms with E-state index in [0.717, 1.165) is 0 Å². The summed E-state index contributed by atoms with van der Waals surface area (Å²) in [4.78, 5) is 47.2. The number of allylic oxidation sites excluding steroid dienone is 1. The third-order valence-electron chi connectivity index (χ3n) is 4.10. The highest BCUT2D eigenvalue weighted by Crippen LogP contribution is 2.17. The number of hydrogen-bond donors (Lipinski definition) is 2. The first-order valence-corrected chi connectivity index (χ1v) is 8.31. The molecule has 0 radical (unpaired) electrons. The van der Waals surface area contributed by atoms with E-state index in [-0.39, 0.29) is 11.3 Å². The van der Waals surface area contributed by atoms with E-state index in [9.17, 15) is 19.2 Å². The van der Waals surface area contributed by atoms with Crippen LogP contribution in [-0.2, 0) is 11.8 Å². The molecule has 0 aliphatic carbocycles. The Morgan fingerprint density at radius 2 is 1.86 bits per heavy atom. The molecule has 0 unspecified atom stereocenters. The Labute approximate surface area is 161 Å². The number of aryl methyl sites for hydroxylation is 1. The van der Waals surface area contributed by atoms with Crippen LogP contribution in [0.15, 0.2) is 41.2 Å². The first-order chi connectivity index (χ1) is 13.2. The minimum atomic E-state index is -1.14. The fraction of sp³-hybridized carbons (Fsp3) is 0.200. The summed E-state index contributed by atoms with van der Waals surface area (Å²) in [7, 11) is 2.97. The maximum atomic E-state index is 12.5. The van der Waals surface area contributed by atoms with Crippen molar-refractivity contribution in [2.45, 2.75) is 6.92 Å². The number of amides is 1. The molecule has 0 bridgehead atoms. The molecule has 0 saturated heterocycles. The standard InChI is InChI=1S/C20H20N2O6/c1-12-10-16(28-3)18(20(27)22(12)2)15(23)9-6-13-4-7-14(8-5-13)19(26)21-11-17(24)25/h4-10H,11H2,1-3H3,(H,21,26)(H,24,25)/b9-6+. The van der Waals surface area contributed by atoms with Gasteiger partial charge in [0.1, 0.15) is 17.9 Å². The molecule has 8 nitrogen and oxygen atoms in total. The van der Waals surface area contributed by atoms with Crippen LogP contribution in [0.5, 0.6) is 5.75 Å². The summed E-state index contributed by atoms with van der Waals surface area (Å²) in [6.45, 7) is 1.27. The summed E-state index contributed by atoms with van der Waals surface area (Å²) < 4.78 is 6.53. The Bertz CT molecular complexity index is 1000. The number of carbonyl (C=O) groups is 3. The van der Waals surface area contributed by atoms with Gasteiger partial charge in [-0.15, -0.1) is 0 Å². The smallest absolute Gasteiger partial charge is 0.322 e. The molecule has 146 valence electrons. The van der Waals surface area contributed by atoms with E-state index in [4.69, 9.17) is 9.84 Å². The first-order valence-electron chi connectivity index (χ1n) is 8.31. The highest BCUT2D eigenvalue weighted by Gasteiger charge is 2.17. The predicted molar refractivity (Wildman–Crippen MR) is 103 cm³/mol. The van der Waals surface area contributed by atoms with Gasteiger partial charge in [0.2, 0.25) is 0 Å². The van der Waals surface area contributed by atoms with E-state index in [2.05, 4.69) is 5.32 Å². The van der Waals surface area contributed by atoms with E-state index in [0.29, 0.717) is 16.8 Å². The topological polar surface area (TPSA) is 115 Å². The third-order valence-corrected chi connectivity index (χ3v) is 4.10. The van der Waals surface area contributed by atoms with Crippen LogP contribution in [0.4, 0.5) is 0 Å². The van der Waals surface area contributed by atoms with Crippen LogP contribution in [0, 0.1) is 6.92 Å². The van der Waals surface area contributed by atoms with E-state index in [1.807, 2.05) is 0 Å². The van der Waals surface area contributed by atoms with Crippen LogP contribution < -0.4 is 15.6 Å². The van der Waals surface area contributed by atoms with Crippen molar-refractivity contribution < 1.29 is 24.2 Å².